The number of ether oxygens (including phenoxy) is 2. The lowest BCUT2D eigenvalue weighted by Crippen LogP contribution is -2.32. The van der Waals surface area contributed by atoms with Crippen LogP contribution in [0.4, 0.5) is 0 Å². The van der Waals surface area contributed by atoms with Gasteiger partial charge in [-0.1, -0.05) is 41.4 Å². The Morgan fingerprint density at radius 3 is 2.73 bits per heavy atom. The number of para-hydroxylation sites is 1. The number of amides is 1. The standard InChI is InChI=1S/C19H17Cl2NO4/c1-24-18(17-8-12-4-2-3-5-15(12)26-17)10-22-19(23)11-25-16-7-6-13(20)9-14(16)21/h2-9,18H,10-11H2,1H3,(H,22,23)/t18-/m1/s1. The molecule has 1 atom stereocenters. The Hall–Kier alpha value is -2.21. The largest absolute Gasteiger partial charge is 0.482 e. The molecule has 1 N–H and O–H groups in total. The Labute approximate surface area is 160 Å². The number of carbonyl (C=O) groups is 1. The molecule has 0 aliphatic carbocycles. The third-order valence-electron chi connectivity index (χ3n) is 3.78. The van der Waals surface area contributed by atoms with Crippen LogP contribution < -0.4 is 10.1 Å². The Morgan fingerprint density at radius 2 is 2.00 bits per heavy atom. The van der Waals surface area contributed by atoms with Crippen LogP contribution in [0.2, 0.25) is 10.0 Å². The molecule has 3 aromatic rings. The van der Waals surface area contributed by atoms with Gasteiger partial charge in [0.05, 0.1) is 11.6 Å². The fraction of sp³-hybridized carbons (Fsp3) is 0.211. The second-order valence-corrected chi connectivity index (χ2v) is 6.42. The SMILES string of the molecule is CO[C@H](CNC(=O)COc1ccc(Cl)cc1Cl)c1cc2ccccc2o1. The average Bonchev–Trinajstić information content (AvgIpc) is 3.05. The molecular formula is C19H17Cl2NO4. The first-order valence-corrected chi connectivity index (χ1v) is 8.68. The maximum atomic E-state index is 12.0. The minimum absolute atomic E-state index is 0.169. The molecule has 0 fully saturated rings. The lowest BCUT2D eigenvalue weighted by Gasteiger charge is -2.14. The van der Waals surface area contributed by atoms with Crippen LogP contribution in [0, 0.1) is 0 Å². The fourth-order valence-electron chi connectivity index (χ4n) is 2.45. The number of rotatable bonds is 7. The highest BCUT2D eigenvalue weighted by molar-refractivity contribution is 6.35. The lowest BCUT2D eigenvalue weighted by atomic mass is 10.2. The van der Waals surface area contributed by atoms with Gasteiger partial charge in [-0.2, -0.15) is 0 Å². The predicted molar refractivity (Wildman–Crippen MR) is 101 cm³/mol. The molecule has 0 bridgehead atoms. The maximum absolute atomic E-state index is 12.0. The number of fused-ring (bicyclic) bond motifs is 1. The maximum Gasteiger partial charge on any atom is 0.258 e. The van der Waals surface area contributed by atoms with Gasteiger partial charge in [0.2, 0.25) is 0 Å². The van der Waals surface area contributed by atoms with Gasteiger partial charge < -0.3 is 19.2 Å². The summed E-state index contributed by atoms with van der Waals surface area (Å²) < 4.78 is 16.6. The van der Waals surface area contributed by atoms with Crippen LogP contribution in [-0.4, -0.2) is 26.2 Å². The minimum atomic E-state index is -0.398. The van der Waals surface area contributed by atoms with E-state index in [0.717, 1.165) is 11.0 Å². The zero-order valence-electron chi connectivity index (χ0n) is 14.0. The van der Waals surface area contributed by atoms with Gasteiger partial charge >= 0.3 is 0 Å². The molecule has 0 saturated heterocycles. The molecule has 3 rings (SSSR count). The van der Waals surface area contributed by atoms with E-state index in [1.165, 1.54) is 0 Å². The minimum Gasteiger partial charge on any atom is -0.482 e. The third-order valence-corrected chi connectivity index (χ3v) is 4.31. The molecule has 1 aromatic heterocycles. The fourth-order valence-corrected chi connectivity index (χ4v) is 2.92. The van der Waals surface area contributed by atoms with Crippen molar-refractivity contribution in [1.82, 2.24) is 5.32 Å². The van der Waals surface area contributed by atoms with Crippen molar-refractivity contribution in [2.45, 2.75) is 6.10 Å². The summed E-state index contributed by atoms with van der Waals surface area (Å²) in [5, 5.41) is 4.59. The molecule has 1 heterocycles. The first-order valence-electron chi connectivity index (χ1n) is 7.92. The second-order valence-electron chi connectivity index (χ2n) is 5.58. The summed E-state index contributed by atoms with van der Waals surface area (Å²) in [5.41, 5.74) is 0.775. The molecule has 2 aromatic carbocycles. The number of halogens is 2. The van der Waals surface area contributed by atoms with E-state index in [-0.39, 0.29) is 19.1 Å². The Balaban J connectivity index is 1.55. The normalized spacial score (nSPS) is 12.1. The monoisotopic (exact) mass is 393 g/mol. The Bertz CT molecular complexity index is 876. The van der Waals surface area contributed by atoms with Crippen molar-refractivity contribution in [2.75, 3.05) is 20.3 Å². The van der Waals surface area contributed by atoms with E-state index in [2.05, 4.69) is 5.32 Å². The van der Waals surface area contributed by atoms with Crippen molar-refractivity contribution in [3.8, 4) is 5.75 Å². The van der Waals surface area contributed by atoms with Crippen molar-refractivity contribution in [3.63, 3.8) is 0 Å². The van der Waals surface area contributed by atoms with E-state index in [9.17, 15) is 4.79 Å². The molecule has 136 valence electrons. The van der Waals surface area contributed by atoms with E-state index < -0.39 is 6.10 Å². The quantitative estimate of drug-likeness (QED) is 0.635. The number of carbonyl (C=O) groups excluding carboxylic acids is 1. The van der Waals surface area contributed by atoms with Crippen LogP contribution in [0.1, 0.15) is 11.9 Å². The van der Waals surface area contributed by atoms with Crippen molar-refractivity contribution in [3.05, 3.63) is 64.3 Å². The number of nitrogens with one attached hydrogen (secondary N) is 1. The molecule has 0 aliphatic rings. The van der Waals surface area contributed by atoms with Gasteiger partial charge in [0.1, 0.15) is 23.2 Å². The first-order chi connectivity index (χ1) is 12.6. The molecule has 0 spiro atoms. The number of methoxy groups -OCH3 is 1. The van der Waals surface area contributed by atoms with Crippen LogP contribution in [0.15, 0.2) is 52.9 Å². The van der Waals surface area contributed by atoms with E-state index in [0.29, 0.717) is 21.6 Å². The molecule has 26 heavy (non-hydrogen) atoms. The smallest absolute Gasteiger partial charge is 0.258 e. The molecular weight excluding hydrogens is 377 g/mol. The topological polar surface area (TPSA) is 60.7 Å². The van der Waals surface area contributed by atoms with Gasteiger partial charge in [0.25, 0.3) is 5.91 Å². The molecule has 5 nitrogen and oxygen atoms in total. The van der Waals surface area contributed by atoms with Gasteiger partial charge in [-0.25, -0.2) is 0 Å². The van der Waals surface area contributed by atoms with Gasteiger partial charge in [-0.3, -0.25) is 4.79 Å². The summed E-state index contributed by atoms with van der Waals surface area (Å²) >= 11 is 11.8. The van der Waals surface area contributed by atoms with E-state index in [1.54, 1.807) is 25.3 Å². The van der Waals surface area contributed by atoms with Gasteiger partial charge in [0, 0.05) is 17.5 Å². The number of benzene rings is 2. The summed E-state index contributed by atoms with van der Waals surface area (Å²) in [5.74, 6) is 0.747. The number of furan rings is 1. The molecule has 0 aliphatic heterocycles. The van der Waals surface area contributed by atoms with Crippen LogP contribution in [0.5, 0.6) is 5.75 Å². The highest BCUT2D eigenvalue weighted by atomic mass is 35.5. The van der Waals surface area contributed by atoms with Crippen LogP contribution in [-0.2, 0) is 9.53 Å². The molecule has 1 amide bonds. The third kappa shape index (κ3) is 4.49. The summed E-state index contributed by atoms with van der Waals surface area (Å²) in [6.45, 7) is 0.0881. The van der Waals surface area contributed by atoms with E-state index >= 15 is 0 Å². The first kappa shape index (κ1) is 18.6. The summed E-state index contributed by atoms with van der Waals surface area (Å²) in [7, 11) is 1.56. The summed E-state index contributed by atoms with van der Waals surface area (Å²) in [6, 6.07) is 14.4. The summed E-state index contributed by atoms with van der Waals surface area (Å²) in [4.78, 5) is 12.0. The van der Waals surface area contributed by atoms with Crippen LogP contribution in [0.25, 0.3) is 11.0 Å². The van der Waals surface area contributed by atoms with Crippen LogP contribution in [0.3, 0.4) is 0 Å². The van der Waals surface area contributed by atoms with Crippen molar-refractivity contribution in [2.24, 2.45) is 0 Å². The summed E-state index contributed by atoms with van der Waals surface area (Å²) in [6.07, 6.45) is -0.398. The average molecular weight is 394 g/mol. The zero-order valence-corrected chi connectivity index (χ0v) is 15.5. The highest BCUT2D eigenvalue weighted by Gasteiger charge is 2.17. The molecule has 7 heteroatoms. The molecule has 0 unspecified atom stereocenters. The Morgan fingerprint density at radius 1 is 1.19 bits per heavy atom. The van der Waals surface area contributed by atoms with Gasteiger partial charge in [-0.05, 0) is 30.3 Å². The lowest BCUT2D eigenvalue weighted by molar-refractivity contribution is -0.123. The zero-order chi connectivity index (χ0) is 18.5. The highest BCUT2D eigenvalue weighted by Crippen LogP contribution is 2.27. The van der Waals surface area contributed by atoms with Crippen molar-refractivity contribution >= 4 is 40.1 Å². The second kappa shape index (κ2) is 8.45. The van der Waals surface area contributed by atoms with Gasteiger partial charge in [0.15, 0.2) is 6.61 Å². The molecule has 0 saturated carbocycles. The van der Waals surface area contributed by atoms with Crippen LogP contribution >= 0.6 is 23.2 Å². The van der Waals surface area contributed by atoms with E-state index in [4.69, 9.17) is 37.1 Å². The Kier molecular flexibility index (Phi) is 6.04. The van der Waals surface area contributed by atoms with E-state index in [1.807, 2.05) is 30.3 Å². The number of hydrogen-bond acceptors (Lipinski definition) is 4. The van der Waals surface area contributed by atoms with Crippen molar-refractivity contribution in [1.29, 1.82) is 0 Å². The number of hydrogen-bond donors (Lipinski definition) is 1. The van der Waals surface area contributed by atoms with Crippen molar-refractivity contribution < 1.29 is 18.7 Å². The molecule has 0 radical (unpaired) electrons. The predicted octanol–water partition coefficient (Wildman–Crippen LogP) is 4.62. The van der Waals surface area contributed by atoms with Gasteiger partial charge in [-0.15, -0.1) is 0 Å².